The van der Waals surface area contributed by atoms with Crippen LogP contribution < -0.4 is 5.32 Å². The molecule has 1 aromatic carbocycles. The highest BCUT2D eigenvalue weighted by Crippen LogP contribution is 2.22. The van der Waals surface area contributed by atoms with Crippen molar-refractivity contribution < 1.29 is 0 Å². The lowest BCUT2D eigenvalue weighted by Gasteiger charge is -2.12. The van der Waals surface area contributed by atoms with Gasteiger partial charge in [-0.1, -0.05) is 12.1 Å². The Bertz CT molecular complexity index is 593. The Hall–Kier alpha value is -1.70. The first-order chi connectivity index (χ1) is 9.10. The first-order valence-electron chi connectivity index (χ1n) is 6.26. The summed E-state index contributed by atoms with van der Waals surface area (Å²) in [6.07, 6.45) is 0. The standard InChI is InChI=1S/C15H17N3S/c1-10(15-11(2)19-12(3)18-15)17-9-14-6-4-13(8-16)5-7-14/h4-7,10,17H,9H2,1-3H3. The van der Waals surface area contributed by atoms with Gasteiger partial charge in [0.15, 0.2) is 0 Å². The molecule has 0 aliphatic carbocycles. The molecule has 1 unspecified atom stereocenters. The number of aryl methyl sites for hydroxylation is 2. The minimum absolute atomic E-state index is 0.237. The van der Waals surface area contributed by atoms with Gasteiger partial charge in [-0.15, -0.1) is 11.3 Å². The van der Waals surface area contributed by atoms with Crippen molar-refractivity contribution in [1.82, 2.24) is 10.3 Å². The third-order valence-corrected chi connectivity index (χ3v) is 3.95. The fourth-order valence-electron chi connectivity index (χ4n) is 2.01. The van der Waals surface area contributed by atoms with Crippen molar-refractivity contribution in [2.75, 3.05) is 0 Å². The Balaban J connectivity index is 1.98. The van der Waals surface area contributed by atoms with Crippen molar-refractivity contribution in [2.45, 2.75) is 33.4 Å². The summed E-state index contributed by atoms with van der Waals surface area (Å²) in [6.45, 7) is 7.06. The van der Waals surface area contributed by atoms with Crippen LogP contribution in [0.25, 0.3) is 0 Å². The molecule has 1 atom stereocenters. The molecule has 1 N–H and O–H groups in total. The van der Waals surface area contributed by atoms with Crippen LogP contribution in [0, 0.1) is 25.2 Å². The monoisotopic (exact) mass is 271 g/mol. The Morgan fingerprint density at radius 2 is 2.00 bits per heavy atom. The Morgan fingerprint density at radius 3 is 2.53 bits per heavy atom. The van der Waals surface area contributed by atoms with Crippen molar-refractivity contribution in [3.63, 3.8) is 0 Å². The maximum Gasteiger partial charge on any atom is 0.0991 e. The van der Waals surface area contributed by atoms with Gasteiger partial charge in [0.2, 0.25) is 0 Å². The van der Waals surface area contributed by atoms with Gasteiger partial charge in [-0.2, -0.15) is 5.26 Å². The molecule has 2 aromatic rings. The minimum Gasteiger partial charge on any atom is -0.305 e. The van der Waals surface area contributed by atoms with Gasteiger partial charge in [-0.3, -0.25) is 0 Å². The second-order valence-corrected chi connectivity index (χ2v) is 5.99. The average Bonchev–Trinajstić information content (AvgIpc) is 2.75. The molecule has 2 rings (SSSR count). The first-order valence-corrected chi connectivity index (χ1v) is 7.08. The quantitative estimate of drug-likeness (QED) is 0.926. The van der Waals surface area contributed by atoms with Gasteiger partial charge in [0.1, 0.15) is 0 Å². The molecule has 0 aliphatic rings. The van der Waals surface area contributed by atoms with E-state index in [0.29, 0.717) is 5.56 Å². The molecule has 4 heteroatoms. The zero-order chi connectivity index (χ0) is 13.8. The Labute approximate surface area is 117 Å². The number of hydrogen-bond acceptors (Lipinski definition) is 4. The smallest absolute Gasteiger partial charge is 0.0991 e. The Morgan fingerprint density at radius 1 is 1.32 bits per heavy atom. The van der Waals surface area contributed by atoms with E-state index in [-0.39, 0.29) is 6.04 Å². The van der Waals surface area contributed by atoms with Gasteiger partial charge in [-0.05, 0) is 38.5 Å². The third kappa shape index (κ3) is 3.40. The predicted octanol–water partition coefficient (Wildman–Crippen LogP) is 3.48. The fraction of sp³-hybridized carbons (Fsp3) is 0.333. The van der Waals surface area contributed by atoms with Crippen molar-refractivity contribution >= 4 is 11.3 Å². The number of aromatic nitrogens is 1. The summed E-state index contributed by atoms with van der Waals surface area (Å²) in [6, 6.07) is 10.0. The molecule has 0 fully saturated rings. The second kappa shape index (κ2) is 5.96. The lowest BCUT2D eigenvalue weighted by Crippen LogP contribution is -2.19. The molecule has 1 heterocycles. The lowest BCUT2D eigenvalue weighted by molar-refractivity contribution is 0.561. The van der Waals surface area contributed by atoms with E-state index in [4.69, 9.17) is 5.26 Å². The van der Waals surface area contributed by atoms with Gasteiger partial charge >= 0.3 is 0 Å². The SMILES string of the molecule is Cc1nc(C(C)NCc2ccc(C#N)cc2)c(C)s1. The number of benzene rings is 1. The molecule has 1 aromatic heterocycles. The summed E-state index contributed by atoms with van der Waals surface area (Å²) in [5.41, 5.74) is 3.01. The van der Waals surface area contributed by atoms with Crippen molar-refractivity contribution in [3.05, 3.63) is 51.0 Å². The normalized spacial score (nSPS) is 12.1. The molecule has 0 amide bonds. The van der Waals surface area contributed by atoms with E-state index in [2.05, 4.69) is 30.2 Å². The van der Waals surface area contributed by atoms with E-state index >= 15 is 0 Å². The molecular formula is C15H17N3S. The van der Waals surface area contributed by atoms with Gasteiger partial charge in [-0.25, -0.2) is 4.98 Å². The van der Waals surface area contributed by atoms with Crippen molar-refractivity contribution in [1.29, 1.82) is 5.26 Å². The number of rotatable bonds is 4. The lowest BCUT2D eigenvalue weighted by atomic mass is 10.1. The highest BCUT2D eigenvalue weighted by atomic mass is 32.1. The number of hydrogen-bond donors (Lipinski definition) is 1. The van der Waals surface area contributed by atoms with Crippen LogP contribution in [0.3, 0.4) is 0 Å². The maximum absolute atomic E-state index is 8.76. The highest BCUT2D eigenvalue weighted by Gasteiger charge is 2.12. The van der Waals surface area contributed by atoms with Crippen LogP contribution in [0.4, 0.5) is 0 Å². The summed E-state index contributed by atoms with van der Waals surface area (Å²) in [5, 5.41) is 13.3. The number of thiazole rings is 1. The first kappa shape index (κ1) is 13.7. The molecule has 0 bridgehead atoms. The molecule has 19 heavy (non-hydrogen) atoms. The maximum atomic E-state index is 8.76. The second-order valence-electron chi connectivity index (χ2n) is 4.59. The van der Waals surface area contributed by atoms with Crippen molar-refractivity contribution in [3.8, 4) is 6.07 Å². The molecule has 98 valence electrons. The van der Waals surface area contributed by atoms with Crippen LogP contribution in [0.1, 0.15) is 39.7 Å². The van der Waals surface area contributed by atoms with Crippen LogP contribution in [-0.4, -0.2) is 4.98 Å². The van der Waals surface area contributed by atoms with E-state index in [1.165, 1.54) is 10.4 Å². The molecule has 0 radical (unpaired) electrons. The van der Waals surface area contributed by atoms with E-state index < -0.39 is 0 Å². The van der Waals surface area contributed by atoms with Crippen molar-refractivity contribution in [2.24, 2.45) is 0 Å². The largest absolute Gasteiger partial charge is 0.305 e. The van der Waals surface area contributed by atoms with Crippen LogP contribution >= 0.6 is 11.3 Å². The summed E-state index contributed by atoms with van der Waals surface area (Å²) in [4.78, 5) is 5.84. The van der Waals surface area contributed by atoms with E-state index in [0.717, 1.165) is 17.2 Å². The third-order valence-electron chi connectivity index (χ3n) is 3.04. The average molecular weight is 271 g/mol. The van der Waals surface area contributed by atoms with Crippen LogP contribution in [0.15, 0.2) is 24.3 Å². The molecule has 0 spiro atoms. The topological polar surface area (TPSA) is 48.7 Å². The molecule has 0 saturated carbocycles. The zero-order valence-corrected chi connectivity index (χ0v) is 12.2. The van der Waals surface area contributed by atoms with Crippen LogP contribution in [0.2, 0.25) is 0 Å². The summed E-state index contributed by atoms with van der Waals surface area (Å²) >= 11 is 1.74. The minimum atomic E-state index is 0.237. The highest BCUT2D eigenvalue weighted by molar-refractivity contribution is 7.11. The van der Waals surface area contributed by atoms with Crippen LogP contribution in [0.5, 0.6) is 0 Å². The fourth-order valence-corrected chi connectivity index (χ4v) is 2.93. The van der Waals surface area contributed by atoms with E-state index in [1.807, 2.05) is 31.2 Å². The number of nitrogens with zero attached hydrogens (tertiary/aromatic N) is 2. The number of nitriles is 1. The summed E-state index contributed by atoms with van der Waals surface area (Å²) in [5.74, 6) is 0. The Kier molecular flexibility index (Phi) is 4.31. The summed E-state index contributed by atoms with van der Waals surface area (Å²) in [7, 11) is 0. The summed E-state index contributed by atoms with van der Waals surface area (Å²) < 4.78 is 0. The predicted molar refractivity (Wildman–Crippen MR) is 78.0 cm³/mol. The molecule has 3 nitrogen and oxygen atoms in total. The zero-order valence-electron chi connectivity index (χ0n) is 11.4. The van der Waals surface area contributed by atoms with Gasteiger partial charge in [0, 0.05) is 17.5 Å². The molecule has 0 saturated heterocycles. The van der Waals surface area contributed by atoms with Gasteiger partial charge in [0.25, 0.3) is 0 Å². The van der Waals surface area contributed by atoms with E-state index in [9.17, 15) is 0 Å². The number of nitrogens with one attached hydrogen (secondary N) is 1. The van der Waals surface area contributed by atoms with Crippen LogP contribution in [-0.2, 0) is 6.54 Å². The van der Waals surface area contributed by atoms with Gasteiger partial charge in [0.05, 0.1) is 22.3 Å². The molecular weight excluding hydrogens is 254 g/mol. The van der Waals surface area contributed by atoms with Gasteiger partial charge < -0.3 is 5.32 Å². The molecule has 0 aliphatic heterocycles. The van der Waals surface area contributed by atoms with E-state index in [1.54, 1.807) is 11.3 Å².